The summed E-state index contributed by atoms with van der Waals surface area (Å²) in [6.07, 6.45) is 4.81. The second-order valence-electron chi connectivity index (χ2n) is 12.5. The van der Waals surface area contributed by atoms with E-state index in [0.29, 0.717) is 61.6 Å². The minimum atomic E-state index is -0.0611. The SMILES string of the molecule is CC[C@@H]1CN2CCc3cc(OC)c(OC)cc3[C@@H]2C[C@H]1C[C@H]1c2cc(OC)c(OC)cc2CCN1C(=O)CN(CCCl)CCCl. The van der Waals surface area contributed by atoms with E-state index in [1.54, 1.807) is 28.4 Å². The molecule has 3 heterocycles. The lowest BCUT2D eigenvalue weighted by atomic mass is 9.72. The number of hydrogen-bond acceptors (Lipinski definition) is 7. The fourth-order valence-corrected chi connectivity index (χ4v) is 8.39. The molecule has 45 heavy (non-hydrogen) atoms. The van der Waals surface area contributed by atoms with Crippen molar-refractivity contribution in [3.63, 3.8) is 0 Å². The van der Waals surface area contributed by atoms with Crippen molar-refractivity contribution in [3.8, 4) is 23.0 Å². The number of methoxy groups -OCH3 is 4. The first-order valence-corrected chi connectivity index (χ1v) is 17.3. The minimum absolute atomic E-state index is 0.0611. The highest BCUT2D eigenvalue weighted by Crippen LogP contribution is 2.49. The van der Waals surface area contributed by atoms with Crippen LogP contribution in [-0.2, 0) is 17.6 Å². The minimum Gasteiger partial charge on any atom is -0.493 e. The van der Waals surface area contributed by atoms with Crippen LogP contribution in [0.4, 0.5) is 0 Å². The number of halogens is 2. The van der Waals surface area contributed by atoms with Gasteiger partial charge in [-0.2, -0.15) is 0 Å². The number of nitrogens with zero attached hydrogens (tertiary/aromatic N) is 3. The highest BCUT2D eigenvalue weighted by Gasteiger charge is 2.42. The van der Waals surface area contributed by atoms with Gasteiger partial charge in [-0.15, -0.1) is 23.2 Å². The van der Waals surface area contributed by atoms with Crippen LogP contribution >= 0.6 is 23.2 Å². The molecule has 248 valence electrons. The van der Waals surface area contributed by atoms with Crippen molar-refractivity contribution < 1.29 is 23.7 Å². The van der Waals surface area contributed by atoms with Crippen molar-refractivity contribution in [1.29, 1.82) is 0 Å². The van der Waals surface area contributed by atoms with Crippen molar-refractivity contribution >= 4 is 29.1 Å². The molecular formula is C35H49Cl2N3O5. The average Bonchev–Trinajstić information content (AvgIpc) is 3.06. The average molecular weight is 663 g/mol. The van der Waals surface area contributed by atoms with Gasteiger partial charge in [0.15, 0.2) is 23.0 Å². The third-order valence-corrected chi connectivity index (χ3v) is 10.6. The molecule has 0 N–H and O–H groups in total. The van der Waals surface area contributed by atoms with Gasteiger partial charge >= 0.3 is 0 Å². The molecule has 5 rings (SSSR count). The predicted octanol–water partition coefficient (Wildman–Crippen LogP) is 5.96. The Balaban J connectivity index is 1.49. The maximum absolute atomic E-state index is 14.1. The maximum Gasteiger partial charge on any atom is 0.237 e. The van der Waals surface area contributed by atoms with Gasteiger partial charge in [0.2, 0.25) is 5.91 Å². The lowest BCUT2D eigenvalue weighted by Crippen LogP contribution is -2.49. The Morgan fingerprint density at radius 1 is 0.822 bits per heavy atom. The van der Waals surface area contributed by atoms with Crippen LogP contribution in [0.1, 0.15) is 60.5 Å². The molecule has 1 saturated heterocycles. The maximum atomic E-state index is 14.1. The predicted molar refractivity (Wildman–Crippen MR) is 180 cm³/mol. The van der Waals surface area contributed by atoms with Gasteiger partial charge in [0.1, 0.15) is 0 Å². The van der Waals surface area contributed by atoms with Crippen molar-refractivity contribution in [1.82, 2.24) is 14.7 Å². The van der Waals surface area contributed by atoms with Gasteiger partial charge in [-0.3, -0.25) is 14.6 Å². The number of alkyl halides is 2. The summed E-state index contributed by atoms with van der Waals surface area (Å²) in [7, 11) is 6.76. The molecule has 0 aromatic heterocycles. The van der Waals surface area contributed by atoms with E-state index in [-0.39, 0.29) is 11.9 Å². The summed E-state index contributed by atoms with van der Waals surface area (Å²) < 4.78 is 22.8. The van der Waals surface area contributed by atoms with Crippen LogP contribution in [0, 0.1) is 11.8 Å². The third-order valence-electron chi connectivity index (χ3n) is 10.3. The zero-order valence-electron chi connectivity index (χ0n) is 27.5. The summed E-state index contributed by atoms with van der Waals surface area (Å²) in [6, 6.07) is 8.82. The Labute approximate surface area is 278 Å². The van der Waals surface area contributed by atoms with Crippen LogP contribution in [0.2, 0.25) is 0 Å². The van der Waals surface area contributed by atoms with Crippen LogP contribution in [0.3, 0.4) is 0 Å². The number of piperidine rings is 1. The molecule has 0 saturated carbocycles. The second-order valence-corrected chi connectivity index (χ2v) is 13.2. The standard InChI is InChI=1S/C35H49Cl2N3O5/c1-6-23-21-39-11-7-24-17-31(42-2)33(44-4)19-27(24)29(39)15-26(23)16-30-28-20-34(45-5)32(43-3)18-25(28)8-12-40(30)35(41)22-38(13-9-36)14-10-37/h17-20,23,26,29-30H,6-16,21-22H2,1-5H3/t23-,26+,29+,30+/m1/s1. The van der Waals surface area contributed by atoms with Gasteiger partial charge in [0.25, 0.3) is 0 Å². The van der Waals surface area contributed by atoms with E-state index in [4.69, 9.17) is 42.1 Å². The largest absolute Gasteiger partial charge is 0.493 e. The molecule has 10 heteroatoms. The van der Waals surface area contributed by atoms with Crippen molar-refractivity contribution in [3.05, 3.63) is 46.5 Å². The number of fused-ring (bicyclic) bond motifs is 4. The summed E-state index contributed by atoms with van der Waals surface area (Å²) in [5.41, 5.74) is 5.09. The monoisotopic (exact) mass is 661 g/mol. The highest BCUT2D eigenvalue weighted by atomic mass is 35.5. The van der Waals surface area contributed by atoms with E-state index in [9.17, 15) is 4.79 Å². The van der Waals surface area contributed by atoms with Crippen LogP contribution in [0.25, 0.3) is 0 Å². The van der Waals surface area contributed by atoms with E-state index in [2.05, 4.69) is 45.9 Å². The molecule has 3 aliphatic heterocycles. The number of benzene rings is 2. The number of carbonyl (C=O) groups is 1. The smallest absolute Gasteiger partial charge is 0.237 e. The summed E-state index contributed by atoms with van der Waals surface area (Å²) in [4.78, 5) is 20.9. The van der Waals surface area contributed by atoms with Gasteiger partial charge in [-0.25, -0.2) is 0 Å². The molecule has 0 aliphatic carbocycles. The fourth-order valence-electron chi connectivity index (χ4n) is 7.91. The highest BCUT2D eigenvalue weighted by molar-refractivity contribution is 6.18. The Kier molecular flexibility index (Phi) is 11.7. The van der Waals surface area contributed by atoms with Crippen molar-refractivity contribution in [2.75, 3.05) is 79.5 Å². The van der Waals surface area contributed by atoms with Crippen molar-refractivity contribution in [2.45, 2.75) is 51.1 Å². The molecule has 2 aromatic rings. The molecule has 3 aliphatic rings. The first kappa shape index (κ1) is 34.0. The zero-order chi connectivity index (χ0) is 32.1. The number of rotatable bonds is 13. The molecule has 0 spiro atoms. The summed E-state index contributed by atoms with van der Waals surface area (Å²) in [6.45, 7) is 6.65. The molecule has 1 fully saturated rings. The molecule has 1 amide bonds. The van der Waals surface area contributed by atoms with Crippen molar-refractivity contribution in [2.24, 2.45) is 11.8 Å². The van der Waals surface area contributed by atoms with E-state index in [1.165, 1.54) is 22.3 Å². The molecular weight excluding hydrogens is 613 g/mol. The van der Waals surface area contributed by atoms with Crippen LogP contribution in [0.15, 0.2) is 24.3 Å². The molecule has 0 unspecified atom stereocenters. The van der Waals surface area contributed by atoms with Crippen LogP contribution in [0.5, 0.6) is 23.0 Å². The van der Waals surface area contributed by atoms with E-state index >= 15 is 0 Å². The zero-order valence-corrected chi connectivity index (χ0v) is 29.0. The topological polar surface area (TPSA) is 63.7 Å². The van der Waals surface area contributed by atoms with Gasteiger partial charge < -0.3 is 23.8 Å². The van der Waals surface area contributed by atoms with Gasteiger partial charge in [0, 0.05) is 50.5 Å². The first-order valence-electron chi connectivity index (χ1n) is 16.3. The third kappa shape index (κ3) is 7.14. The van der Waals surface area contributed by atoms with Gasteiger partial charge in [0.05, 0.1) is 41.0 Å². The number of carbonyl (C=O) groups excluding carboxylic acids is 1. The lowest BCUT2D eigenvalue weighted by molar-refractivity contribution is -0.136. The molecule has 0 bridgehead atoms. The van der Waals surface area contributed by atoms with Crippen LogP contribution in [-0.4, -0.2) is 100 Å². The number of hydrogen-bond donors (Lipinski definition) is 0. The first-order chi connectivity index (χ1) is 21.9. The number of amides is 1. The Morgan fingerprint density at radius 2 is 1.38 bits per heavy atom. The van der Waals surface area contributed by atoms with Gasteiger partial charge in [-0.1, -0.05) is 13.3 Å². The molecule has 2 aromatic carbocycles. The van der Waals surface area contributed by atoms with E-state index < -0.39 is 0 Å². The van der Waals surface area contributed by atoms with E-state index in [0.717, 1.165) is 62.4 Å². The normalized spacial score (nSPS) is 22.8. The molecule has 0 radical (unpaired) electrons. The Hall–Kier alpha value is -2.39. The molecule has 8 nitrogen and oxygen atoms in total. The fraction of sp³-hybridized carbons (Fsp3) is 0.629. The summed E-state index contributed by atoms with van der Waals surface area (Å²) in [5, 5.41) is 0. The number of ether oxygens (including phenoxy) is 4. The lowest BCUT2D eigenvalue weighted by Gasteiger charge is -2.49. The summed E-state index contributed by atoms with van der Waals surface area (Å²) >= 11 is 12.2. The second kappa shape index (κ2) is 15.5. The summed E-state index contributed by atoms with van der Waals surface area (Å²) in [5.74, 6) is 5.02. The Bertz CT molecular complexity index is 1320. The quantitative estimate of drug-likeness (QED) is 0.246. The van der Waals surface area contributed by atoms with E-state index in [1.807, 2.05) is 0 Å². The van der Waals surface area contributed by atoms with Crippen LogP contribution < -0.4 is 18.9 Å². The molecule has 4 atom stereocenters. The Morgan fingerprint density at radius 3 is 1.96 bits per heavy atom. The van der Waals surface area contributed by atoms with Gasteiger partial charge in [-0.05, 0) is 84.0 Å².